The van der Waals surface area contributed by atoms with Gasteiger partial charge in [0.05, 0.1) is 10.0 Å². The summed E-state index contributed by atoms with van der Waals surface area (Å²) in [5.41, 5.74) is 5.32. The van der Waals surface area contributed by atoms with Crippen molar-refractivity contribution in [3.63, 3.8) is 0 Å². The molecule has 14 heavy (non-hydrogen) atoms. The highest BCUT2D eigenvalue weighted by Crippen LogP contribution is 2.32. The Balaban J connectivity index is 2.91. The molecule has 0 aromatic heterocycles. The highest BCUT2D eigenvalue weighted by Gasteiger charge is 2.14. The van der Waals surface area contributed by atoms with E-state index in [4.69, 9.17) is 33.7 Å². The van der Waals surface area contributed by atoms with Gasteiger partial charge in [-0.15, -0.1) is 0 Å². The van der Waals surface area contributed by atoms with Gasteiger partial charge in [-0.3, -0.25) is 0 Å². The summed E-state index contributed by atoms with van der Waals surface area (Å²) in [4.78, 5) is 11.2. The third-order valence-electron chi connectivity index (χ3n) is 1.49. The quantitative estimate of drug-likeness (QED) is 0.630. The molecule has 0 aliphatic heterocycles. The lowest BCUT2D eigenvalue weighted by atomic mass is 10.3. The highest BCUT2D eigenvalue weighted by molar-refractivity contribution is 6.37. The largest absolute Gasteiger partial charge is 0.422 e. The van der Waals surface area contributed by atoms with Crippen molar-refractivity contribution in [2.45, 2.75) is 13.0 Å². The van der Waals surface area contributed by atoms with Crippen molar-refractivity contribution in [1.29, 1.82) is 0 Å². The van der Waals surface area contributed by atoms with Gasteiger partial charge in [-0.2, -0.15) is 0 Å². The van der Waals surface area contributed by atoms with Crippen molar-refractivity contribution in [2.24, 2.45) is 5.73 Å². The molecule has 0 spiro atoms. The summed E-state index contributed by atoms with van der Waals surface area (Å²) >= 11 is 11.6. The van der Waals surface area contributed by atoms with Crippen LogP contribution in [0.4, 0.5) is 0 Å². The second-order valence-electron chi connectivity index (χ2n) is 2.76. The van der Waals surface area contributed by atoms with Gasteiger partial charge in [0.25, 0.3) is 0 Å². The first-order valence-electron chi connectivity index (χ1n) is 3.93. The Morgan fingerprint density at radius 2 is 1.93 bits per heavy atom. The van der Waals surface area contributed by atoms with Gasteiger partial charge in [0.1, 0.15) is 6.04 Å². The van der Waals surface area contributed by atoms with Crippen LogP contribution in [-0.4, -0.2) is 12.0 Å². The molecule has 0 saturated heterocycles. The molecule has 2 N–H and O–H groups in total. The Labute approximate surface area is 91.7 Å². The van der Waals surface area contributed by atoms with Crippen molar-refractivity contribution in [2.75, 3.05) is 0 Å². The Morgan fingerprint density at radius 3 is 2.36 bits per heavy atom. The predicted octanol–water partition coefficient (Wildman–Crippen LogP) is 2.25. The zero-order valence-electron chi connectivity index (χ0n) is 7.46. The van der Waals surface area contributed by atoms with Crippen LogP contribution >= 0.6 is 23.2 Å². The molecule has 0 amide bonds. The fourth-order valence-corrected chi connectivity index (χ4v) is 1.25. The minimum atomic E-state index is -0.706. The number of esters is 1. The van der Waals surface area contributed by atoms with Crippen LogP contribution in [0, 0.1) is 0 Å². The smallest absolute Gasteiger partial charge is 0.328 e. The number of hydrogen-bond acceptors (Lipinski definition) is 3. The fraction of sp³-hybridized carbons (Fsp3) is 0.222. The minimum absolute atomic E-state index is 0.151. The van der Waals surface area contributed by atoms with Crippen LogP contribution in [0.1, 0.15) is 6.92 Å². The molecule has 1 atom stereocenters. The van der Waals surface area contributed by atoms with E-state index < -0.39 is 12.0 Å². The van der Waals surface area contributed by atoms with Gasteiger partial charge >= 0.3 is 5.97 Å². The van der Waals surface area contributed by atoms with Crippen LogP contribution in [0.2, 0.25) is 10.0 Å². The molecule has 0 radical (unpaired) electrons. The van der Waals surface area contributed by atoms with Crippen molar-refractivity contribution < 1.29 is 9.53 Å². The van der Waals surface area contributed by atoms with Gasteiger partial charge in [-0.1, -0.05) is 29.3 Å². The van der Waals surface area contributed by atoms with Crippen molar-refractivity contribution >= 4 is 29.2 Å². The van der Waals surface area contributed by atoms with Crippen LogP contribution in [-0.2, 0) is 4.79 Å². The topological polar surface area (TPSA) is 52.3 Å². The fourth-order valence-electron chi connectivity index (χ4n) is 0.774. The SMILES string of the molecule is C[C@H](N)C(=O)Oc1c(Cl)cccc1Cl. The van der Waals surface area contributed by atoms with Crippen LogP contribution in [0.25, 0.3) is 0 Å². The van der Waals surface area contributed by atoms with Gasteiger partial charge in [0, 0.05) is 0 Å². The summed E-state index contributed by atoms with van der Waals surface area (Å²) in [7, 11) is 0. The molecule has 0 aliphatic rings. The summed E-state index contributed by atoms with van der Waals surface area (Å²) < 4.78 is 4.91. The first kappa shape index (κ1) is 11.3. The molecule has 0 aliphatic carbocycles. The average molecular weight is 234 g/mol. The summed E-state index contributed by atoms with van der Waals surface area (Å²) in [5, 5.41) is 0.568. The van der Waals surface area contributed by atoms with Gasteiger partial charge in [-0.25, -0.2) is 4.79 Å². The lowest BCUT2D eigenvalue weighted by molar-refractivity contribution is -0.135. The monoisotopic (exact) mass is 233 g/mol. The number of carbonyl (C=O) groups is 1. The molecular formula is C9H9Cl2NO2. The van der Waals surface area contributed by atoms with Crippen LogP contribution in [0.3, 0.4) is 0 Å². The molecule has 1 aromatic carbocycles. The minimum Gasteiger partial charge on any atom is -0.422 e. The zero-order valence-corrected chi connectivity index (χ0v) is 8.97. The van der Waals surface area contributed by atoms with E-state index in [9.17, 15) is 4.79 Å². The van der Waals surface area contributed by atoms with E-state index in [0.717, 1.165) is 0 Å². The summed E-state index contributed by atoms with van der Waals surface area (Å²) in [5.74, 6) is -0.418. The second-order valence-corrected chi connectivity index (χ2v) is 3.57. The molecule has 76 valence electrons. The molecule has 0 saturated carbocycles. The van der Waals surface area contributed by atoms with E-state index in [1.54, 1.807) is 18.2 Å². The Morgan fingerprint density at radius 1 is 1.43 bits per heavy atom. The number of hydrogen-bond donors (Lipinski definition) is 1. The first-order chi connectivity index (χ1) is 6.52. The number of nitrogens with two attached hydrogens (primary N) is 1. The molecule has 3 nitrogen and oxygen atoms in total. The normalized spacial score (nSPS) is 12.3. The third kappa shape index (κ3) is 2.61. The summed E-state index contributed by atoms with van der Waals surface area (Å²) in [6.07, 6.45) is 0. The third-order valence-corrected chi connectivity index (χ3v) is 2.09. The Hall–Kier alpha value is -0.770. The van der Waals surface area contributed by atoms with E-state index in [1.807, 2.05) is 0 Å². The molecule has 5 heteroatoms. The molecule has 0 unspecified atom stereocenters. The molecule has 1 rings (SSSR count). The van der Waals surface area contributed by atoms with Crippen molar-refractivity contribution in [3.05, 3.63) is 28.2 Å². The molecule has 0 heterocycles. The van der Waals surface area contributed by atoms with E-state index in [-0.39, 0.29) is 15.8 Å². The highest BCUT2D eigenvalue weighted by atomic mass is 35.5. The number of carbonyl (C=O) groups excluding carboxylic acids is 1. The van der Waals surface area contributed by atoms with E-state index in [0.29, 0.717) is 0 Å². The maximum absolute atomic E-state index is 11.2. The van der Waals surface area contributed by atoms with Crippen LogP contribution in [0.15, 0.2) is 18.2 Å². The van der Waals surface area contributed by atoms with Gasteiger partial charge in [0.2, 0.25) is 0 Å². The summed E-state index contributed by atoms with van der Waals surface area (Å²) in [6.45, 7) is 1.52. The molecule has 0 fully saturated rings. The van der Waals surface area contributed by atoms with Gasteiger partial charge < -0.3 is 10.5 Å². The zero-order chi connectivity index (χ0) is 10.7. The lowest BCUT2D eigenvalue weighted by Gasteiger charge is -2.09. The van der Waals surface area contributed by atoms with E-state index in [1.165, 1.54) is 6.92 Å². The molecule has 1 aromatic rings. The standard InChI is InChI=1S/C9H9Cl2NO2/c1-5(12)9(13)14-8-6(10)3-2-4-7(8)11/h2-5H,12H2,1H3/t5-/m0/s1. The van der Waals surface area contributed by atoms with E-state index in [2.05, 4.69) is 0 Å². The number of ether oxygens (including phenoxy) is 1. The molecule has 0 bridgehead atoms. The Kier molecular flexibility index (Phi) is 3.75. The number of para-hydroxylation sites is 1. The Bertz CT molecular complexity index is 332. The van der Waals surface area contributed by atoms with Crippen molar-refractivity contribution in [1.82, 2.24) is 0 Å². The predicted molar refractivity (Wildman–Crippen MR) is 55.7 cm³/mol. The lowest BCUT2D eigenvalue weighted by Crippen LogP contribution is -2.31. The molecular weight excluding hydrogens is 225 g/mol. The number of rotatable bonds is 2. The number of halogens is 2. The van der Waals surface area contributed by atoms with Crippen molar-refractivity contribution in [3.8, 4) is 5.75 Å². The van der Waals surface area contributed by atoms with Gasteiger partial charge in [0.15, 0.2) is 5.75 Å². The van der Waals surface area contributed by atoms with Crippen LogP contribution in [0.5, 0.6) is 5.75 Å². The van der Waals surface area contributed by atoms with E-state index >= 15 is 0 Å². The first-order valence-corrected chi connectivity index (χ1v) is 4.69. The maximum atomic E-state index is 11.2. The maximum Gasteiger partial charge on any atom is 0.328 e. The van der Waals surface area contributed by atoms with Crippen LogP contribution < -0.4 is 10.5 Å². The number of benzene rings is 1. The van der Waals surface area contributed by atoms with Gasteiger partial charge in [-0.05, 0) is 19.1 Å². The average Bonchev–Trinajstić information content (AvgIpc) is 2.11. The summed E-state index contributed by atoms with van der Waals surface area (Å²) in [6, 6.07) is 4.12. The second kappa shape index (κ2) is 4.64.